The van der Waals surface area contributed by atoms with Crippen molar-refractivity contribution in [3.05, 3.63) is 41.6 Å². The van der Waals surface area contributed by atoms with Crippen LogP contribution in [0.15, 0.2) is 36.0 Å². The van der Waals surface area contributed by atoms with Crippen molar-refractivity contribution in [2.24, 2.45) is 5.73 Å². The molecule has 0 bridgehead atoms. The molecular formula is C9H11NO. The first-order chi connectivity index (χ1) is 5.22. The standard InChI is InChI=1S/C9H11NO/c1-7(10)9(11)8-5-3-2-4-6-8/h2-6,11H,10H2,1H3/b9-7+. The van der Waals surface area contributed by atoms with E-state index in [9.17, 15) is 5.11 Å². The van der Waals surface area contributed by atoms with Crippen LogP contribution in [0.3, 0.4) is 0 Å². The van der Waals surface area contributed by atoms with Crippen molar-refractivity contribution < 1.29 is 5.11 Å². The molecule has 0 heterocycles. The van der Waals surface area contributed by atoms with Gasteiger partial charge in [-0.3, -0.25) is 0 Å². The molecule has 2 heteroatoms. The Kier molecular flexibility index (Phi) is 2.16. The second-order valence-corrected chi connectivity index (χ2v) is 2.40. The Hall–Kier alpha value is -1.44. The van der Waals surface area contributed by atoms with Crippen LogP contribution in [-0.2, 0) is 0 Å². The zero-order valence-corrected chi connectivity index (χ0v) is 6.41. The molecule has 0 aliphatic rings. The van der Waals surface area contributed by atoms with Crippen LogP contribution in [0.2, 0.25) is 0 Å². The minimum Gasteiger partial charge on any atom is -0.506 e. The van der Waals surface area contributed by atoms with Crippen molar-refractivity contribution in [1.29, 1.82) is 0 Å². The fourth-order valence-electron chi connectivity index (χ4n) is 0.824. The molecule has 58 valence electrons. The zero-order chi connectivity index (χ0) is 8.27. The van der Waals surface area contributed by atoms with Gasteiger partial charge in [-0.25, -0.2) is 0 Å². The van der Waals surface area contributed by atoms with Gasteiger partial charge in [-0.2, -0.15) is 0 Å². The molecule has 0 amide bonds. The third-order valence-corrected chi connectivity index (χ3v) is 1.42. The minimum atomic E-state index is 0.158. The molecule has 3 N–H and O–H groups in total. The highest BCUT2D eigenvalue weighted by Gasteiger charge is 1.97. The molecule has 0 aliphatic carbocycles. The van der Waals surface area contributed by atoms with Crippen LogP contribution in [0.1, 0.15) is 12.5 Å². The molecule has 0 atom stereocenters. The van der Waals surface area contributed by atoms with Crippen LogP contribution >= 0.6 is 0 Å². The van der Waals surface area contributed by atoms with Gasteiger partial charge in [0.1, 0.15) is 5.76 Å². The van der Waals surface area contributed by atoms with E-state index < -0.39 is 0 Å². The third kappa shape index (κ3) is 1.74. The van der Waals surface area contributed by atoms with Crippen LogP contribution in [0.25, 0.3) is 5.76 Å². The van der Waals surface area contributed by atoms with Crippen molar-refractivity contribution in [3.63, 3.8) is 0 Å². The average molecular weight is 149 g/mol. The summed E-state index contributed by atoms with van der Waals surface area (Å²) in [5.74, 6) is 0.158. The van der Waals surface area contributed by atoms with E-state index in [-0.39, 0.29) is 5.76 Å². The first-order valence-electron chi connectivity index (χ1n) is 3.42. The molecule has 1 aromatic rings. The molecule has 0 saturated carbocycles. The Balaban J connectivity index is 3.04. The average Bonchev–Trinajstić information content (AvgIpc) is 2.05. The smallest absolute Gasteiger partial charge is 0.141 e. The maximum atomic E-state index is 9.35. The molecule has 0 fully saturated rings. The number of nitrogens with two attached hydrogens (primary N) is 1. The van der Waals surface area contributed by atoms with E-state index in [4.69, 9.17) is 5.73 Å². The Labute approximate surface area is 66.0 Å². The predicted molar refractivity (Wildman–Crippen MR) is 45.9 cm³/mol. The Morgan fingerprint density at radius 3 is 2.27 bits per heavy atom. The van der Waals surface area contributed by atoms with Crippen molar-refractivity contribution in [2.45, 2.75) is 6.92 Å². The molecule has 1 rings (SSSR count). The normalized spacial score (nSPS) is 12.5. The number of hydrogen-bond acceptors (Lipinski definition) is 2. The Bertz CT molecular complexity index is 260. The van der Waals surface area contributed by atoms with E-state index in [0.717, 1.165) is 5.56 Å². The van der Waals surface area contributed by atoms with Crippen LogP contribution in [0, 0.1) is 0 Å². The molecule has 0 aromatic heterocycles. The number of aliphatic hydroxyl groups excluding tert-OH is 1. The van der Waals surface area contributed by atoms with Gasteiger partial charge in [0.15, 0.2) is 0 Å². The fraction of sp³-hybridized carbons (Fsp3) is 0.111. The summed E-state index contributed by atoms with van der Waals surface area (Å²) in [5.41, 5.74) is 6.60. The second kappa shape index (κ2) is 3.10. The highest BCUT2D eigenvalue weighted by molar-refractivity contribution is 5.60. The molecule has 1 aromatic carbocycles. The van der Waals surface area contributed by atoms with Gasteiger partial charge in [0.25, 0.3) is 0 Å². The quantitative estimate of drug-likeness (QED) is 0.599. The number of aliphatic hydroxyl groups is 1. The maximum absolute atomic E-state index is 9.35. The van der Waals surface area contributed by atoms with Crippen molar-refractivity contribution >= 4 is 5.76 Å². The van der Waals surface area contributed by atoms with Gasteiger partial charge in [0.2, 0.25) is 0 Å². The number of rotatable bonds is 1. The molecule has 0 spiro atoms. The lowest BCUT2D eigenvalue weighted by Gasteiger charge is -2.00. The highest BCUT2D eigenvalue weighted by atomic mass is 16.3. The van der Waals surface area contributed by atoms with Gasteiger partial charge >= 0.3 is 0 Å². The van der Waals surface area contributed by atoms with Gasteiger partial charge in [-0.05, 0) is 6.92 Å². The van der Waals surface area contributed by atoms with Gasteiger partial charge in [0.05, 0.1) is 0 Å². The van der Waals surface area contributed by atoms with E-state index in [1.165, 1.54) is 0 Å². The van der Waals surface area contributed by atoms with Crippen LogP contribution < -0.4 is 5.73 Å². The lowest BCUT2D eigenvalue weighted by atomic mass is 10.2. The summed E-state index contributed by atoms with van der Waals surface area (Å²) in [6.07, 6.45) is 0. The van der Waals surface area contributed by atoms with E-state index in [0.29, 0.717) is 5.70 Å². The van der Waals surface area contributed by atoms with Gasteiger partial charge in [0, 0.05) is 11.3 Å². The first kappa shape index (κ1) is 7.66. The van der Waals surface area contributed by atoms with Gasteiger partial charge < -0.3 is 10.8 Å². The predicted octanol–water partition coefficient (Wildman–Crippen LogP) is 1.89. The van der Waals surface area contributed by atoms with E-state index in [1.807, 2.05) is 30.3 Å². The zero-order valence-electron chi connectivity index (χ0n) is 6.41. The summed E-state index contributed by atoms with van der Waals surface area (Å²) in [5, 5.41) is 9.35. The van der Waals surface area contributed by atoms with Gasteiger partial charge in [-0.1, -0.05) is 30.3 Å². The van der Waals surface area contributed by atoms with Crippen LogP contribution in [-0.4, -0.2) is 5.11 Å². The summed E-state index contributed by atoms with van der Waals surface area (Å²) in [4.78, 5) is 0. The minimum absolute atomic E-state index is 0.158. The number of hydrogen-bond donors (Lipinski definition) is 2. The number of benzene rings is 1. The molecular weight excluding hydrogens is 138 g/mol. The molecule has 11 heavy (non-hydrogen) atoms. The van der Waals surface area contributed by atoms with Crippen molar-refractivity contribution in [2.75, 3.05) is 0 Å². The highest BCUT2D eigenvalue weighted by Crippen LogP contribution is 2.11. The monoisotopic (exact) mass is 149 g/mol. The molecule has 0 saturated heterocycles. The van der Waals surface area contributed by atoms with Crippen LogP contribution in [0.4, 0.5) is 0 Å². The second-order valence-electron chi connectivity index (χ2n) is 2.40. The topological polar surface area (TPSA) is 46.2 Å². The largest absolute Gasteiger partial charge is 0.506 e. The van der Waals surface area contributed by atoms with Crippen molar-refractivity contribution in [1.82, 2.24) is 0 Å². The van der Waals surface area contributed by atoms with E-state index >= 15 is 0 Å². The molecule has 0 radical (unpaired) electrons. The summed E-state index contributed by atoms with van der Waals surface area (Å²) in [6, 6.07) is 9.23. The Morgan fingerprint density at radius 2 is 1.82 bits per heavy atom. The summed E-state index contributed by atoms with van der Waals surface area (Å²) < 4.78 is 0. The summed E-state index contributed by atoms with van der Waals surface area (Å²) in [7, 11) is 0. The lowest BCUT2D eigenvalue weighted by molar-refractivity contribution is 0.505. The van der Waals surface area contributed by atoms with Crippen LogP contribution in [0.5, 0.6) is 0 Å². The lowest BCUT2D eigenvalue weighted by Crippen LogP contribution is -1.96. The molecule has 2 nitrogen and oxygen atoms in total. The van der Waals surface area contributed by atoms with E-state index in [2.05, 4.69) is 0 Å². The number of allylic oxidation sites excluding steroid dienone is 1. The summed E-state index contributed by atoms with van der Waals surface area (Å²) in [6.45, 7) is 1.67. The first-order valence-corrected chi connectivity index (χ1v) is 3.42. The molecule has 0 unspecified atom stereocenters. The maximum Gasteiger partial charge on any atom is 0.141 e. The van der Waals surface area contributed by atoms with E-state index in [1.54, 1.807) is 6.92 Å². The molecule has 0 aliphatic heterocycles. The van der Waals surface area contributed by atoms with Gasteiger partial charge in [-0.15, -0.1) is 0 Å². The fourth-order valence-corrected chi connectivity index (χ4v) is 0.824. The third-order valence-electron chi connectivity index (χ3n) is 1.42. The Morgan fingerprint density at radius 1 is 1.27 bits per heavy atom. The SMILES string of the molecule is C/C(N)=C(\O)c1ccccc1. The summed E-state index contributed by atoms with van der Waals surface area (Å²) >= 11 is 0. The van der Waals surface area contributed by atoms with Crippen molar-refractivity contribution in [3.8, 4) is 0 Å².